The van der Waals surface area contributed by atoms with E-state index in [1.165, 1.54) is 110 Å². The molecule has 0 bridgehead atoms. The van der Waals surface area contributed by atoms with Crippen LogP contribution in [-0.4, -0.2) is 64.1 Å². The van der Waals surface area contributed by atoms with Crippen molar-refractivity contribution in [1.82, 2.24) is 0 Å². The lowest BCUT2D eigenvalue weighted by Crippen LogP contribution is -2.41. The molecular weight excluding hydrogens is 584 g/mol. The van der Waals surface area contributed by atoms with Crippen molar-refractivity contribution in [3.8, 4) is 0 Å². The third-order valence-corrected chi connectivity index (χ3v) is 9.13. The molecule has 0 rings (SSSR count). The van der Waals surface area contributed by atoms with Gasteiger partial charge in [0.05, 0.1) is 25.0 Å². The Morgan fingerprint density at radius 2 is 0.826 bits per heavy atom. The zero-order valence-corrected chi connectivity index (χ0v) is 30.2. The van der Waals surface area contributed by atoms with Gasteiger partial charge in [-0.15, -0.1) is 0 Å². The zero-order chi connectivity index (χ0) is 34.3. The minimum absolute atomic E-state index is 0.401. The molecule has 0 heterocycles. The van der Waals surface area contributed by atoms with E-state index < -0.39 is 55.5 Å². The van der Waals surface area contributed by atoms with Gasteiger partial charge in [-0.2, -0.15) is 0 Å². The first kappa shape index (κ1) is 44.8. The van der Waals surface area contributed by atoms with Crippen LogP contribution in [0.15, 0.2) is 0 Å². The predicted octanol–water partition coefficient (Wildman–Crippen LogP) is 8.54. The average molecular weight is 659 g/mol. The molecule has 0 spiro atoms. The summed E-state index contributed by atoms with van der Waals surface area (Å²) in [6.45, 7) is 3.91. The number of aliphatic hydroxyl groups is 4. The molecule has 0 saturated heterocycles. The Kier molecular flexibility index (Phi) is 30.2. The number of aliphatic hydroxyl groups excluding tert-OH is 3. The Bertz CT molecular complexity index is 694. The molecule has 0 radical (unpaired) electrons. The largest absolute Gasteiger partial charge is 0.457 e. The summed E-state index contributed by atoms with van der Waals surface area (Å²) in [5.74, 6) is -5.08. The van der Waals surface area contributed by atoms with Gasteiger partial charge < -0.3 is 29.9 Å². The van der Waals surface area contributed by atoms with Gasteiger partial charge >= 0.3 is 11.9 Å². The molecule has 3 unspecified atom stereocenters. The number of carbonyl (C=O) groups is 2. The van der Waals surface area contributed by atoms with Crippen molar-refractivity contribution in [1.29, 1.82) is 0 Å². The SMILES string of the molecule is CCCCCCCCCCCCCCC(C(=O)OC(CO)CO)C(CCCCCCCCCCCCCC)C(=O)OC(C)(O)CO. The topological polar surface area (TPSA) is 134 Å². The van der Waals surface area contributed by atoms with E-state index in [9.17, 15) is 30.0 Å². The Balaban J connectivity index is 5.02. The highest BCUT2D eigenvalue weighted by atomic mass is 16.7. The molecule has 3 atom stereocenters. The quantitative estimate of drug-likeness (QED) is 0.0307. The molecule has 46 heavy (non-hydrogen) atoms. The van der Waals surface area contributed by atoms with E-state index in [1.54, 1.807) is 0 Å². The number of unbranched alkanes of at least 4 members (excludes halogenated alkanes) is 22. The summed E-state index contributed by atoms with van der Waals surface area (Å²) in [5, 5.41) is 38.8. The van der Waals surface area contributed by atoms with E-state index in [0.717, 1.165) is 51.4 Å². The van der Waals surface area contributed by atoms with Gasteiger partial charge in [0, 0.05) is 6.92 Å². The lowest BCUT2D eigenvalue weighted by atomic mass is 9.83. The lowest BCUT2D eigenvalue weighted by Gasteiger charge is -2.29. The molecule has 0 fully saturated rings. The van der Waals surface area contributed by atoms with Crippen LogP contribution in [0.4, 0.5) is 0 Å². The minimum Gasteiger partial charge on any atom is -0.457 e. The molecule has 0 amide bonds. The van der Waals surface area contributed by atoms with Crippen LogP contribution in [0.5, 0.6) is 0 Å². The van der Waals surface area contributed by atoms with E-state index in [2.05, 4.69) is 13.8 Å². The first-order valence-electron chi connectivity index (χ1n) is 19.2. The summed E-state index contributed by atoms with van der Waals surface area (Å²) >= 11 is 0. The van der Waals surface area contributed by atoms with Gasteiger partial charge in [0.2, 0.25) is 5.79 Å². The van der Waals surface area contributed by atoms with Gasteiger partial charge in [-0.25, -0.2) is 0 Å². The second-order valence-electron chi connectivity index (χ2n) is 13.7. The van der Waals surface area contributed by atoms with Gasteiger partial charge in [-0.3, -0.25) is 9.59 Å². The van der Waals surface area contributed by atoms with Crippen molar-refractivity contribution in [3.63, 3.8) is 0 Å². The standard InChI is InChI=1S/C38H74O8/c1-4-6-8-10-12-14-16-18-20-22-24-26-28-34(36(42)45-33(30-39)31-40)35(37(43)46-38(3,44)32-41)29-27-25-23-21-19-17-15-13-11-9-7-5-2/h33-35,39-41,44H,4-32H2,1-3H3. The number of hydrogen-bond donors (Lipinski definition) is 4. The van der Waals surface area contributed by atoms with Crippen molar-refractivity contribution >= 4 is 11.9 Å². The molecule has 0 aliphatic rings. The first-order chi connectivity index (χ1) is 22.3. The summed E-state index contributed by atoms with van der Waals surface area (Å²) in [7, 11) is 0. The molecule has 0 aromatic carbocycles. The summed E-state index contributed by atoms with van der Waals surface area (Å²) < 4.78 is 10.7. The maximum absolute atomic E-state index is 13.3. The lowest BCUT2D eigenvalue weighted by molar-refractivity contribution is -0.221. The van der Waals surface area contributed by atoms with Crippen LogP contribution in [0.3, 0.4) is 0 Å². The Morgan fingerprint density at radius 3 is 1.13 bits per heavy atom. The Morgan fingerprint density at radius 1 is 0.522 bits per heavy atom. The van der Waals surface area contributed by atoms with Crippen LogP contribution in [-0.2, 0) is 19.1 Å². The maximum Gasteiger partial charge on any atom is 0.312 e. The molecular formula is C38H74O8. The van der Waals surface area contributed by atoms with E-state index in [0.29, 0.717) is 12.8 Å². The van der Waals surface area contributed by atoms with Gasteiger partial charge in [-0.05, 0) is 12.8 Å². The van der Waals surface area contributed by atoms with Gasteiger partial charge in [0.15, 0.2) is 0 Å². The zero-order valence-electron chi connectivity index (χ0n) is 30.2. The number of rotatable bonds is 34. The minimum atomic E-state index is -2.05. The fraction of sp³-hybridized carbons (Fsp3) is 0.947. The van der Waals surface area contributed by atoms with Crippen LogP contribution in [0.1, 0.15) is 188 Å². The first-order valence-corrected chi connectivity index (χ1v) is 19.2. The van der Waals surface area contributed by atoms with E-state index in [-0.39, 0.29) is 0 Å². The number of carbonyl (C=O) groups excluding carboxylic acids is 2. The molecule has 0 aliphatic carbocycles. The third-order valence-electron chi connectivity index (χ3n) is 9.13. The summed E-state index contributed by atoms with van der Waals surface area (Å²) in [6, 6.07) is 0. The highest BCUT2D eigenvalue weighted by Gasteiger charge is 2.39. The normalized spacial score (nSPS) is 14.3. The summed E-state index contributed by atoms with van der Waals surface area (Å²) in [4.78, 5) is 26.7. The molecule has 8 heteroatoms. The molecule has 274 valence electrons. The van der Waals surface area contributed by atoms with Crippen molar-refractivity contribution < 1.29 is 39.5 Å². The Labute approximate surface area is 282 Å². The van der Waals surface area contributed by atoms with Gasteiger partial charge in [0.1, 0.15) is 12.7 Å². The van der Waals surface area contributed by atoms with Crippen LogP contribution >= 0.6 is 0 Å². The van der Waals surface area contributed by atoms with Crippen molar-refractivity contribution in [2.75, 3.05) is 19.8 Å². The molecule has 0 saturated carbocycles. The van der Waals surface area contributed by atoms with Gasteiger partial charge in [0.25, 0.3) is 0 Å². The number of esters is 2. The van der Waals surface area contributed by atoms with Crippen LogP contribution in [0, 0.1) is 11.8 Å². The van der Waals surface area contributed by atoms with E-state index in [4.69, 9.17) is 9.47 Å². The third kappa shape index (κ3) is 24.9. The molecule has 0 aromatic rings. The highest BCUT2D eigenvalue weighted by Crippen LogP contribution is 2.30. The molecule has 8 nitrogen and oxygen atoms in total. The second kappa shape index (κ2) is 31.1. The van der Waals surface area contributed by atoms with E-state index in [1.807, 2.05) is 0 Å². The molecule has 0 aromatic heterocycles. The van der Waals surface area contributed by atoms with Crippen LogP contribution < -0.4 is 0 Å². The smallest absolute Gasteiger partial charge is 0.312 e. The second-order valence-corrected chi connectivity index (χ2v) is 13.7. The summed E-state index contributed by atoms with van der Waals surface area (Å²) in [5.41, 5.74) is 0. The number of hydrogen-bond acceptors (Lipinski definition) is 8. The average Bonchev–Trinajstić information content (AvgIpc) is 3.04. The monoisotopic (exact) mass is 659 g/mol. The summed E-state index contributed by atoms with van der Waals surface area (Å²) in [6.07, 6.45) is 28.1. The van der Waals surface area contributed by atoms with Crippen molar-refractivity contribution in [2.45, 2.75) is 200 Å². The predicted molar refractivity (Wildman–Crippen MR) is 186 cm³/mol. The van der Waals surface area contributed by atoms with E-state index >= 15 is 0 Å². The fourth-order valence-electron chi connectivity index (χ4n) is 6.09. The highest BCUT2D eigenvalue weighted by molar-refractivity contribution is 5.82. The van der Waals surface area contributed by atoms with Gasteiger partial charge in [-0.1, -0.05) is 168 Å². The van der Waals surface area contributed by atoms with Crippen LogP contribution in [0.2, 0.25) is 0 Å². The maximum atomic E-state index is 13.3. The van der Waals surface area contributed by atoms with Crippen LogP contribution in [0.25, 0.3) is 0 Å². The fourth-order valence-corrected chi connectivity index (χ4v) is 6.09. The van der Waals surface area contributed by atoms with Crippen molar-refractivity contribution in [2.24, 2.45) is 11.8 Å². The number of ether oxygens (including phenoxy) is 2. The Hall–Kier alpha value is -1.22. The van der Waals surface area contributed by atoms with Crippen molar-refractivity contribution in [3.05, 3.63) is 0 Å². The molecule has 4 N–H and O–H groups in total. The molecule has 0 aliphatic heterocycles.